The first kappa shape index (κ1) is 17.9. The van der Waals surface area contributed by atoms with Gasteiger partial charge in [0.2, 0.25) is 0 Å². The second-order valence-corrected chi connectivity index (χ2v) is 6.15. The van der Waals surface area contributed by atoms with Crippen molar-refractivity contribution in [1.29, 1.82) is 0 Å². The van der Waals surface area contributed by atoms with Gasteiger partial charge in [-0.05, 0) is 36.4 Å². The second kappa shape index (κ2) is 6.56. The summed E-state index contributed by atoms with van der Waals surface area (Å²) in [5.74, 6) is -1.22. The van der Waals surface area contributed by atoms with Crippen LogP contribution in [0.5, 0.6) is 11.5 Å². The third-order valence-corrected chi connectivity index (χ3v) is 4.16. The van der Waals surface area contributed by atoms with Crippen LogP contribution < -0.4 is 14.2 Å². The molecule has 0 aliphatic heterocycles. The quantitative estimate of drug-likeness (QED) is 0.824. The largest absolute Gasteiger partial charge is 0.573 e. The number of sulfonamides is 1. The lowest BCUT2D eigenvalue weighted by Gasteiger charge is -2.13. The number of nitrogens with one attached hydrogen (secondary N) is 1. The lowest BCUT2D eigenvalue weighted by atomic mass is 10.3. The van der Waals surface area contributed by atoms with Crippen LogP contribution in [0.1, 0.15) is 0 Å². The third-order valence-electron chi connectivity index (χ3n) is 2.78. The topological polar surface area (TPSA) is 64.6 Å². The van der Waals surface area contributed by atoms with Crippen LogP contribution in [0.2, 0.25) is 0 Å². The molecule has 0 saturated heterocycles. The van der Waals surface area contributed by atoms with E-state index < -0.39 is 28.0 Å². The minimum Gasteiger partial charge on any atom is -0.494 e. The summed E-state index contributed by atoms with van der Waals surface area (Å²) in [5, 5.41) is 0. The highest BCUT2D eigenvalue weighted by Crippen LogP contribution is 2.28. The fraction of sp³-hybridized carbons (Fsp3) is 0.143. The van der Waals surface area contributed by atoms with E-state index in [4.69, 9.17) is 4.74 Å². The molecular weight excluding hydrogens is 354 g/mol. The van der Waals surface area contributed by atoms with Crippen molar-refractivity contribution < 1.29 is 35.5 Å². The molecule has 0 aromatic heterocycles. The molecule has 0 unspecified atom stereocenters. The van der Waals surface area contributed by atoms with Crippen molar-refractivity contribution in [2.75, 3.05) is 11.8 Å². The number of rotatable bonds is 5. The number of ether oxygens (including phenoxy) is 2. The molecule has 130 valence electrons. The first-order valence-corrected chi connectivity index (χ1v) is 7.81. The lowest BCUT2D eigenvalue weighted by Crippen LogP contribution is -2.17. The fourth-order valence-electron chi connectivity index (χ4n) is 1.77. The molecule has 0 radical (unpaired) electrons. The van der Waals surface area contributed by atoms with Gasteiger partial charge in [-0.15, -0.1) is 13.2 Å². The molecule has 0 heterocycles. The fourth-order valence-corrected chi connectivity index (χ4v) is 2.84. The molecule has 0 aliphatic carbocycles. The lowest BCUT2D eigenvalue weighted by molar-refractivity contribution is -0.274. The average molecular weight is 365 g/mol. The Hall–Kier alpha value is -2.49. The molecule has 2 rings (SSSR count). The third kappa shape index (κ3) is 4.51. The van der Waals surface area contributed by atoms with Gasteiger partial charge in [0, 0.05) is 6.07 Å². The summed E-state index contributed by atoms with van der Waals surface area (Å²) >= 11 is 0. The first-order valence-electron chi connectivity index (χ1n) is 6.33. The number of methoxy groups -OCH3 is 1. The van der Waals surface area contributed by atoms with Crippen LogP contribution in [0, 0.1) is 5.82 Å². The van der Waals surface area contributed by atoms with E-state index in [2.05, 4.69) is 9.46 Å². The van der Waals surface area contributed by atoms with Gasteiger partial charge in [0.15, 0.2) is 0 Å². The molecule has 24 heavy (non-hydrogen) atoms. The molecule has 5 nitrogen and oxygen atoms in total. The number of halogens is 4. The molecule has 1 N–H and O–H groups in total. The highest BCUT2D eigenvalue weighted by molar-refractivity contribution is 7.92. The summed E-state index contributed by atoms with van der Waals surface area (Å²) in [6, 6.07) is 6.79. The first-order chi connectivity index (χ1) is 11.1. The van der Waals surface area contributed by atoms with Crippen molar-refractivity contribution in [3.05, 3.63) is 48.3 Å². The van der Waals surface area contributed by atoms with Crippen LogP contribution >= 0.6 is 0 Å². The monoisotopic (exact) mass is 365 g/mol. The van der Waals surface area contributed by atoms with Gasteiger partial charge in [-0.25, -0.2) is 12.8 Å². The maximum absolute atomic E-state index is 13.1. The predicted octanol–water partition coefficient (Wildman–Crippen LogP) is 3.53. The summed E-state index contributed by atoms with van der Waals surface area (Å²) in [6.45, 7) is 0. The maximum atomic E-state index is 13.1. The van der Waals surface area contributed by atoms with Gasteiger partial charge in [0.1, 0.15) is 17.3 Å². The molecule has 2 aromatic rings. The van der Waals surface area contributed by atoms with Gasteiger partial charge in [-0.3, -0.25) is 4.72 Å². The van der Waals surface area contributed by atoms with Gasteiger partial charge < -0.3 is 9.47 Å². The molecule has 0 spiro atoms. The predicted molar refractivity (Wildman–Crippen MR) is 76.9 cm³/mol. The Labute approximate surface area is 134 Å². The van der Waals surface area contributed by atoms with E-state index in [9.17, 15) is 26.0 Å². The minimum absolute atomic E-state index is 0.0190. The molecule has 2 aromatic carbocycles. The van der Waals surface area contributed by atoms with E-state index in [1.54, 1.807) is 0 Å². The zero-order valence-corrected chi connectivity index (χ0v) is 12.9. The van der Waals surface area contributed by atoms with E-state index in [0.29, 0.717) is 0 Å². The normalized spacial score (nSPS) is 11.9. The molecule has 0 bridgehead atoms. The van der Waals surface area contributed by atoms with E-state index in [0.717, 1.165) is 42.5 Å². The Balaban J connectivity index is 2.25. The zero-order chi connectivity index (χ0) is 18.0. The Morgan fingerprint density at radius 1 is 1.04 bits per heavy atom. The SMILES string of the molecule is COc1cc(F)ccc1NS(=O)(=O)c1ccc(OC(F)(F)F)cc1. The van der Waals surface area contributed by atoms with Crippen LogP contribution in [0.4, 0.5) is 23.2 Å². The Kier molecular flexibility index (Phi) is 4.88. The number of anilines is 1. The van der Waals surface area contributed by atoms with Crippen molar-refractivity contribution in [1.82, 2.24) is 0 Å². The van der Waals surface area contributed by atoms with Gasteiger partial charge in [-0.1, -0.05) is 0 Å². The maximum Gasteiger partial charge on any atom is 0.573 e. The Morgan fingerprint density at radius 2 is 1.67 bits per heavy atom. The van der Waals surface area contributed by atoms with Crippen molar-refractivity contribution in [3.8, 4) is 11.5 Å². The standard InChI is InChI=1S/C14H11F4NO4S/c1-22-13-8-9(15)2-7-12(13)19-24(20,21)11-5-3-10(4-6-11)23-14(16,17)18/h2-8,19H,1H3. The summed E-state index contributed by atoms with van der Waals surface area (Å²) in [4.78, 5) is -0.302. The van der Waals surface area contributed by atoms with Crippen LogP contribution in [-0.2, 0) is 10.0 Å². The summed E-state index contributed by atoms with van der Waals surface area (Å²) in [6.07, 6.45) is -4.87. The van der Waals surface area contributed by atoms with Crippen LogP contribution in [0.15, 0.2) is 47.4 Å². The van der Waals surface area contributed by atoms with E-state index in [1.165, 1.54) is 7.11 Å². The van der Waals surface area contributed by atoms with Gasteiger partial charge in [0.25, 0.3) is 10.0 Å². The molecule has 0 aliphatic rings. The van der Waals surface area contributed by atoms with E-state index in [1.807, 2.05) is 0 Å². The van der Waals surface area contributed by atoms with Crippen molar-refractivity contribution >= 4 is 15.7 Å². The molecule has 10 heteroatoms. The molecule has 0 amide bonds. The molecule has 0 fully saturated rings. The highest BCUT2D eigenvalue weighted by atomic mass is 32.2. The summed E-state index contributed by atoms with van der Waals surface area (Å²) < 4.78 is 84.5. The van der Waals surface area contributed by atoms with Crippen LogP contribution in [-0.4, -0.2) is 21.9 Å². The second-order valence-electron chi connectivity index (χ2n) is 4.47. The average Bonchev–Trinajstić information content (AvgIpc) is 2.47. The number of benzene rings is 2. The molecule has 0 saturated carbocycles. The van der Waals surface area contributed by atoms with E-state index in [-0.39, 0.29) is 16.3 Å². The van der Waals surface area contributed by atoms with Gasteiger partial charge in [-0.2, -0.15) is 0 Å². The van der Waals surface area contributed by atoms with Crippen molar-refractivity contribution in [2.24, 2.45) is 0 Å². The molecular formula is C14H11F4NO4S. The van der Waals surface area contributed by atoms with Gasteiger partial charge >= 0.3 is 6.36 Å². The van der Waals surface area contributed by atoms with Gasteiger partial charge in [0.05, 0.1) is 17.7 Å². The minimum atomic E-state index is -4.87. The van der Waals surface area contributed by atoms with Crippen molar-refractivity contribution in [3.63, 3.8) is 0 Å². The summed E-state index contributed by atoms with van der Waals surface area (Å²) in [7, 11) is -2.88. The number of hydrogen-bond donors (Lipinski definition) is 1. The molecule has 0 atom stereocenters. The number of alkyl halides is 3. The smallest absolute Gasteiger partial charge is 0.494 e. The highest BCUT2D eigenvalue weighted by Gasteiger charge is 2.31. The van der Waals surface area contributed by atoms with Crippen LogP contribution in [0.3, 0.4) is 0 Å². The number of hydrogen-bond acceptors (Lipinski definition) is 4. The zero-order valence-electron chi connectivity index (χ0n) is 12.1. The van der Waals surface area contributed by atoms with Crippen LogP contribution in [0.25, 0.3) is 0 Å². The van der Waals surface area contributed by atoms with E-state index >= 15 is 0 Å². The summed E-state index contributed by atoms with van der Waals surface area (Å²) in [5.41, 5.74) is -0.0190. The Bertz CT molecular complexity index is 820. The van der Waals surface area contributed by atoms with Crippen molar-refractivity contribution in [2.45, 2.75) is 11.3 Å². The Morgan fingerprint density at radius 3 is 2.21 bits per heavy atom.